The quantitative estimate of drug-likeness (QED) is 0.431. The third-order valence-corrected chi connectivity index (χ3v) is 6.20. The number of hydrogen-bond acceptors (Lipinski definition) is 6. The summed E-state index contributed by atoms with van der Waals surface area (Å²) in [7, 11) is -2.40. The van der Waals surface area contributed by atoms with Crippen LogP contribution in [-0.2, 0) is 14.8 Å². The molecular weight excluding hydrogens is 416 g/mol. The fourth-order valence-electron chi connectivity index (χ4n) is 2.74. The third kappa shape index (κ3) is 5.46. The van der Waals surface area contributed by atoms with Crippen LogP contribution < -0.4 is 14.5 Å². The lowest BCUT2D eigenvalue weighted by Crippen LogP contribution is -2.39. The SMILES string of the molecule is COc1ccc(/C(C)=N/NC(=O)CN(c2cccnc2)S(=O)(=O)c2ccccc2)cc1. The van der Waals surface area contributed by atoms with Crippen LogP contribution in [0.25, 0.3) is 0 Å². The molecule has 160 valence electrons. The number of benzene rings is 2. The predicted octanol–water partition coefficient (Wildman–Crippen LogP) is 2.83. The highest BCUT2D eigenvalue weighted by Crippen LogP contribution is 2.22. The molecule has 1 amide bonds. The van der Waals surface area contributed by atoms with Crippen molar-refractivity contribution in [3.8, 4) is 5.75 Å². The summed E-state index contributed by atoms with van der Waals surface area (Å²) in [4.78, 5) is 16.6. The highest BCUT2D eigenvalue weighted by molar-refractivity contribution is 7.92. The average molecular weight is 439 g/mol. The Kier molecular flexibility index (Phi) is 6.99. The monoisotopic (exact) mass is 438 g/mol. The predicted molar refractivity (Wildman–Crippen MR) is 119 cm³/mol. The smallest absolute Gasteiger partial charge is 0.264 e. The normalized spacial score (nSPS) is 11.6. The van der Waals surface area contributed by atoms with E-state index in [1.54, 1.807) is 56.5 Å². The summed E-state index contributed by atoms with van der Waals surface area (Å²) in [5.74, 6) is 0.120. The van der Waals surface area contributed by atoms with Crippen LogP contribution in [0.5, 0.6) is 5.75 Å². The first-order chi connectivity index (χ1) is 14.9. The average Bonchev–Trinajstić information content (AvgIpc) is 2.82. The first-order valence-electron chi connectivity index (χ1n) is 9.37. The van der Waals surface area contributed by atoms with Gasteiger partial charge >= 0.3 is 0 Å². The Labute approximate surface area is 181 Å². The number of carbonyl (C=O) groups excluding carboxylic acids is 1. The lowest BCUT2D eigenvalue weighted by Gasteiger charge is -2.23. The number of nitrogens with zero attached hydrogens (tertiary/aromatic N) is 3. The van der Waals surface area contributed by atoms with Crippen molar-refractivity contribution in [1.29, 1.82) is 0 Å². The number of anilines is 1. The number of aromatic nitrogens is 1. The molecule has 1 N–H and O–H groups in total. The number of nitrogens with one attached hydrogen (secondary N) is 1. The molecular formula is C22H22N4O4S. The topological polar surface area (TPSA) is 101 Å². The summed E-state index contributed by atoms with van der Waals surface area (Å²) in [5.41, 5.74) is 4.06. The lowest BCUT2D eigenvalue weighted by atomic mass is 10.1. The zero-order valence-corrected chi connectivity index (χ0v) is 17.9. The Hall–Kier alpha value is -3.72. The van der Waals surface area contributed by atoms with E-state index in [1.165, 1.54) is 24.5 Å². The molecule has 0 aliphatic heterocycles. The van der Waals surface area contributed by atoms with Crippen molar-refractivity contribution >= 4 is 27.3 Å². The minimum atomic E-state index is -3.98. The van der Waals surface area contributed by atoms with Gasteiger partial charge in [-0.1, -0.05) is 18.2 Å². The zero-order valence-electron chi connectivity index (χ0n) is 17.1. The summed E-state index contributed by atoms with van der Waals surface area (Å²) < 4.78 is 32.4. The van der Waals surface area contributed by atoms with Crippen LogP contribution in [-0.4, -0.2) is 38.7 Å². The lowest BCUT2D eigenvalue weighted by molar-refractivity contribution is -0.119. The van der Waals surface area contributed by atoms with Gasteiger partial charge in [0.1, 0.15) is 12.3 Å². The molecule has 2 aromatic carbocycles. The van der Waals surface area contributed by atoms with E-state index in [4.69, 9.17) is 4.74 Å². The van der Waals surface area contributed by atoms with Gasteiger partial charge in [0.05, 0.1) is 29.6 Å². The van der Waals surface area contributed by atoms with E-state index >= 15 is 0 Å². The minimum Gasteiger partial charge on any atom is -0.497 e. The van der Waals surface area contributed by atoms with E-state index in [1.807, 2.05) is 12.1 Å². The van der Waals surface area contributed by atoms with Gasteiger partial charge in [0.25, 0.3) is 15.9 Å². The Morgan fingerprint density at radius 3 is 2.39 bits per heavy atom. The molecule has 0 atom stereocenters. The first kappa shape index (κ1) is 22.0. The summed E-state index contributed by atoms with van der Waals surface area (Å²) >= 11 is 0. The van der Waals surface area contributed by atoms with Crippen LogP contribution in [0.1, 0.15) is 12.5 Å². The summed E-state index contributed by atoms with van der Waals surface area (Å²) in [6.45, 7) is 1.28. The Balaban J connectivity index is 1.80. The largest absolute Gasteiger partial charge is 0.497 e. The molecule has 31 heavy (non-hydrogen) atoms. The molecule has 3 aromatic rings. The molecule has 0 saturated heterocycles. The second-order valence-corrected chi connectivity index (χ2v) is 8.36. The summed E-state index contributed by atoms with van der Waals surface area (Å²) in [6, 6.07) is 18.3. The number of sulfonamides is 1. The van der Waals surface area contributed by atoms with Crippen LogP contribution >= 0.6 is 0 Å². The van der Waals surface area contributed by atoms with Crippen molar-refractivity contribution in [2.24, 2.45) is 5.10 Å². The van der Waals surface area contributed by atoms with Crippen molar-refractivity contribution in [3.05, 3.63) is 84.7 Å². The van der Waals surface area contributed by atoms with Gasteiger partial charge < -0.3 is 4.74 Å². The number of hydrazone groups is 1. The highest BCUT2D eigenvalue weighted by Gasteiger charge is 2.27. The van der Waals surface area contributed by atoms with E-state index in [0.29, 0.717) is 11.5 Å². The van der Waals surface area contributed by atoms with Crippen molar-refractivity contribution in [2.75, 3.05) is 18.0 Å². The second kappa shape index (κ2) is 9.86. The van der Waals surface area contributed by atoms with Gasteiger partial charge in [0.2, 0.25) is 0 Å². The standard InChI is InChI=1S/C22H22N4O4S/c1-17(18-10-12-20(30-2)13-11-18)24-25-22(27)16-26(19-7-6-14-23-15-19)31(28,29)21-8-4-3-5-9-21/h3-15H,16H2,1-2H3,(H,25,27)/b24-17+. The maximum Gasteiger partial charge on any atom is 0.264 e. The van der Waals surface area contributed by atoms with Gasteiger partial charge in [-0.05, 0) is 61.0 Å². The van der Waals surface area contributed by atoms with Crippen LogP contribution in [0.2, 0.25) is 0 Å². The molecule has 1 heterocycles. The molecule has 0 aliphatic carbocycles. The fraction of sp³-hybridized carbons (Fsp3) is 0.136. The van der Waals surface area contributed by atoms with Gasteiger partial charge in [0, 0.05) is 6.20 Å². The Morgan fingerprint density at radius 1 is 1.06 bits per heavy atom. The molecule has 0 radical (unpaired) electrons. The van der Waals surface area contributed by atoms with E-state index in [2.05, 4.69) is 15.5 Å². The van der Waals surface area contributed by atoms with E-state index in [-0.39, 0.29) is 10.6 Å². The van der Waals surface area contributed by atoms with E-state index < -0.39 is 22.5 Å². The molecule has 0 fully saturated rings. The number of carbonyl (C=O) groups is 1. The minimum absolute atomic E-state index is 0.0737. The third-order valence-electron chi connectivity index (χ3n) is 4.41. The molecule has 0 aliphatic rings. The zero-order chi connectivity index (χ0) is 22.3. The van der Waals surface area contributed by atoms with Crippen LogP contribution in [0.4, 0.5) is 5.69 Å². The van der Waals surface area contributed by atoms with E-state index in [0.717, 1.165) is 9.87 Å². The van der Waals surface area contributed by atoms with Crippen molar-refractivity contribution in [2.45, 2.75) is 11.8 Å². The molecule has 0 unspecified atom stereocenters. The second-order valence-electron chi connectivity index (χ2n) is 6.50. The van der Waals surface area contributed by atoms with Crippen molar-refractivity contribution < 1.29 is 17.9 Å². The van der Waals surface area contributed by atoms with Gasteiger partial charge in [0.15, 0.2) is 0 Å². The summed E-state index contributed by atoms with van der Waals surface area (Å²) in [6.07, 6.45) is 2.92. The maximum absolute atomic E-state index is 13.2. The maximum atomic E-state index is 13.2. The number of amides is 1. The van der Waals surface area contributed by atoms with Gasteiger partial charge in [-0.25, -0.2) is 13.8 Å². The molecule has 0 spiro atoms. The van der Waals surface area contributed by atoms with Crippen molar-refractivity contribution in [1.82, 2.24) is 10.4 Å². The van der Waals surface area contributed by atoms with Crippen molar-refractivity contribution in [3.63, 3.8) is 0 Å². The molecule has 9 heteroatoms. The Morgan fingerprint density at radius 2 is 1.77 bits per heavy atom. The molecule has 1 aromatic heterocycles. The number of ether oxygens (including phenoxy) is 1. The highest BCUT2D eigenvalue weighted by atomic mass is 32.2. The summed E-state index contributed by atoms with van der Waals surface area (Å²) in [5, 5.41) is 4.09. The van der Waals surface area contributed by atoms with Crippen LogP contribution in [0, 0.1) is 0 Å². The van der Waals surface area contributed by atoms with Gasteiger partial charge in [-0.3, -0.25) is 14.1 Å². The molecule has 8 nitrogen and oxygen atoms in total. The molecule has 0 saturated carbocycles. The fourth-order valence-corrected chi connectivity index (χ4v) is 4.17. The van der Waals surface area contributed by atoms with Gasteiger partial charge in [-0.15, -0.1) is 0 Å². The van der Waals surface area contributed by atoms with Gasteiger partial charge in [-0.2, -0.15) is 5.10 Å². The molecule has 0 bridgehead atoms. The van der Waals surface area contributed by atoms with Crippen LogP contribution in [0.15, 0.2) is 89.1 Å². The van der Waals surface area contributed by atoms with Crippen LogP contribution in [0.3, 0.4) is 0 Å². The number of methoxy groups -OCH3 is 1. The number of rotatable bonds is 8. The molecule has 3 rings (SSSR count). The number of pyridine rings is 1. The van der Waals surface area contributed by atoms with E-state index in [9.17, 15) is 13.2 Å². The first-order valence-corrected chi connectivity index (χ1v) is 10.8. The number of hydrogen-bond donors (Lipinski definition) is 1. The Bertz CT molecular complexity index is 1150.